The number of nitrogens with zero attached hydrogens (tertiary/aromatic N) is 1. The molecule has 0 spiro atoms. The molecular formula is C19H22N2O. The molecule has 1 aliphatic heterocycles. The second-order valence-corrected chi connectivity index (χ2v) is 6.79. The highest BCUT2D eigenvalue weighted by molar-refractivity contribution is 6.03. The number of rotatable bonds is 1. The van der Waals surface area contributed by atoms with Crippen molar-refractivity contribution in [1.82, 2.24) is 0 Å². The van der Waals surface area contributed by atoms with Crippen LogP contribution in [0, 0.1) is 0 Å². The van der Waals surface area contributed by atoms with Gasteiger partial charge in [-0.3, -0.25) is 4.90 Å². The van der Waals surface area contributed by atoms with Crippen molar-refractivity contribution in [3.05, 3.63) is 59.7 Å². The Morgan fingerprint density at radius 1 is 1.05 bits per heavy atom. The van der Waals surface area contributed by atoms with E-state index in [1.54, 1.807) is 0 Å². The first-order chi connectivity index (χ1) is 10.4. The Hall–Kier alpha value is -2.29. The Morgan fingerprint density at radius 2 is 1.73 bits per heavy atom. The fourth-order valence-corrected chi connectivity index (χ4v) is 2.79. The number of urea groups is 1. The molecule has 114 valence electrons. The summed E-state index contributed by atoms with van der Waals surface area (Å²) in [7, 11) is 0. The molecule has 2 aromatic rings. The molecule has 1 aliphatic rings. The van der Waals surface area contributed by atoms with Gasteiger partial charge >= 0.3 is 6.03 Å². The molecule has 0 saturated heterocycles. The molecule has 0 saturated carbocycles. The average molecular weight is 294 g/mol. The molecule has 2 amide bonds. The lowest BCUT2D eigenvalue weighted by Gasteiger charge is -2.20. The van der Waals surface area contributed by atoms with E-state index in [0.717, 1.165) is 24.3 Å². The van der Waals surface area contributed by atoms with Crippen LogP contribution in [0.2, 0.25) is 0 Å². The minimum absolute atomic E-state index is 0.0616. The molecule has 0 radical (unpaired) electrons. The zero-order chi connectivity index (χ0) is 15.7. The van der Waals surface area contributed by atoms with Crippen LogP contribution in [0.5, 0.6) is 0 Å². The Morgan fingerprint density at radius 3 is 2.41 bits per heavy atom. The highest BCUT2D eigenvalue weighted by atomic mass is 16.2. The van der Waals surface area contributed by atoms with E-state index in [9.17, 15) is 4.79 Å². The predicted molar refractivity (Wildman–Crippen MR) is 91.7 cm³/mol. The number of amides is 2. The van der Waals surface area contributed by atoms with Gasteiger partial charge in [-0.2, -0.15) is 0 Å². The number of anilines is 2. The van der Waals surface area contributed by atoms with E-state index in [4.69, 9.17) is 0 Å². The molecule has 3 heteroatoms. The Bertz CT molecular complexity index is 683. The van der Waals surface area contributed by atoms with Crippen molar-refractivity contribution in [3.63, 3.8) is 0 Å². The first-order valence-corrected chi connectivity index (χ1v) is 7.72. The lowest BCUT2D eigenvalue weighted by molar-refractivity contribution is 0.257. The van der Waals surface area contributed by atoms with Crippen LogP contribution in [0.25, 0.3) is 0 Å². The predicted octanol–water partition coefficient (Wildman–Crippen LogP) is 4.58. The van der Waals surface area contributed by atoms with Crippen molar-refractivity contribution in [2.45, 2.75) is 32.6 Å². The van der Waals surface area contributed by atoms with E-state index in [-0.39, 0.29) is 11.4 Å². The van der Waals surface area contributed by atoms with Crippen LogP contribution in [-0.2, 0) is 11.8 Å². The summed E-state index contributed by atoms with van der Waals surface area (Å²) in [6.45, 7) is 7.29. The molecule has 0 aromatic heterocycles. The molecule has 0 aliphatic carbocycles. The van der Waals surface area contributed by atoms with Crippen LogP contribution in [0.3, 0.4) is 0 Å². The summed E-state index contributed by atoms with van der Waals surface area (Å²) in [5.74, 6) is 0. The van der Waals surface area contributed by atoms with Crippen molar-refractivity contribution >= 4 is 17.4 Å². The molecule has 0 unspecified atom stereocenters. The van der Waals surface area contributed by atoms with Crippen molar-refractivity contribution in [2.24, 2.45) is 0 Å². The molecule has 1 N–H and O–H groups in total. The van der Waals surface area contributed by atoms with E-state index in [2.05, 4.69) is 44.3 Å². The third-order valence-electron chi connectivity index (χ3n) is 4.13. The number of para-hydroxylation sites is 1. The van der Waals surface area contributed by atoms with E-state index in [1.807, 2.05) is 35.2 Å². The van der Waals surface area contributed by atoms with Crippen LogP contribution in [0.1, 0.15) is 31.9 Å². The Labute approximate surface area is 132 Å². The highest BCUT2D eigenvalue weighted by Gasteiger charge is 2.24. The third-order valence-corrected chi connectivity index (χ3v) is 4.13. The number of carbonyl (C=O) groups excluding carboxylic acids is 1. The summed E-state index contributed by atoms with van der Waals surface area (Å²) in [6, 6.07) is 16.1. The molecular weight excluding hydrogens is 272 g/mol. The van der Waals surface area contributed by atoms with E-state index < -0.39 is 0 Å². The molecule has 0 atom stereocenters. The molecule has 22 heavy (non-hydrogen) atoms. The maximum Gasteiger partial charge on any atom is 0.326 e. The second kappa shape index (κ2) is 5.48. The summed E-state index contributed by atoms with van der Waals surface area (Å²) in [4.78, 5) is 14.3. The van der Waals surface area contributed by atoms with Crippen LogP contribution < -0.4 is 10.2 Å². The van der Waals surface area contributed by atoms with Gasteiger partial charge in [0.15, 0.2) is 0 Å². The Kier molecular flexibility index (Phi) is 3.65. The number of hydrogen-bond acceptors (Lipinski definition) is 1. The lowest BCUT2D eigenvalue weighted by atomic mass is 9.87. The van der Waals surface area contributed by atoms with E-state index in [0.29, 0.717) is 0 Å². The number of nitrogens with one attached hydrogen (secondary N) is 1. The maximum absolute atomic E-state index is 12.5. The molecule has 2 aromatic carbocycles. The summed E-state index contributed by atoms with van der Waals surface area (Å²) >= 11 is 0. The molecule has 3 nitrogen and oxygen atoms in total. The Balaban J connectivity index is 1.73. The first-order valence-electron chi connectivity index (χ1n) is 7.72. The van der Waals surface area contributed by atoms with Gasteiger partial charge in [0, 0.05) is 17.9 Å². The minimum Gasteiger partial charge on any atom is -0.308 e. The first kappa shape index (κ1) is 14.6. The molecule has 0 bridgehead atoms. The fourth-order valence-electron chi connectivity index (χ4n) is 2.79. The maximum atomic E-state index is 12.5. The number of benzene rings is 2. The second-order valence-electron chi connectivity index (χ2n) is 6.79. The fraction of sp³-hybridized carbons (Fsp3) is 0.316. The quantitative estimate of drug-likeness (QED) is 0.820. The van der Waals surface area contributed by atoms with Gasteiger partial charge in [-0.15, -0.1) is 0 Å². The zero-order valence-corrected chi connectivity index (χ0v) is 13.4. The summed E-state index contributed by atoms with van der Waals surface area (Å²) in [5, 5.41) is 2.99. The standard InChI is InChI=1S/C19H22N2O/c1-19(2,3)15-8-10-16(11-9-15)20-18(22)21-13-12-14-6-4-5-7-17(14)21/h4-11H,12-13H2,1-3H3,(H,20,22). The zero-order valence-electron chi connectivity index (χ0n) is 13.4. The van der Waals surface area contributed by atoms with Gasteiger partial charge in [0.25, 0.3) is 0 Å². The smallest absolute Gasteiger partial charge is 0.308 e. The topological polar surface area (TPSA) is 32.3 Å². The van der Waals surface area contributed by atoms with Gasteiger partial charge in [-0.05, 0) is 41.2 Å². The largest absolute Gasteiger partial charge is 0.326 e. The lowest BCUT2D eigenvalue weighted by Crippen LogP contribution is -2.33. The van der Waals surface area contributed by atoms with Crippen LogP contribution in [0.4, 0.5) is 16.2 Å². The highest BCUT2D eigenvalue weighted by Crippen LogP contribution is 2.28. The van der Waals surface area contributed by atoms with Gasteiger partial charge < -0.3 is 5.32 Å². The van der Waals surface area contributed by atoms with Crippen molar-refractivity contribution < 1.29 is 4.79 Å². The SMILES string of the molecule is CC(C)(C)c1ccc(NC(=O)N2CCc3ccccc32)cc1. The number of hydrogen-bond donors (Lipinski definition) is 1. The summed E-state index contributed by atoms with van der Waals surface area (Å²) in [5.41, 5.74) is 4.47. The van der Waals surface area contributed by atoms with Crippen molar-refractivity contribution in [1.29, 1.82) is 0 Å². The van der Waals surface area contributed by atoms with Crippen LogP contribution in [0.15, 0.2) is 48.5 Å². The van der Waals surface area contributed by atoms with Gasteiger partial charge in [0.1, 0.15) is 0 Å². The molecule has 0 fully saturated rings. The molecule has 1 heterocycles. The van der Waals surface area contributed by atoms with Crippen molar-refractivity contribution in [3.8, 4) is 0 Å². The normalized spacial score (nSPS) is 13.9. The number of carbonyl (C=O) groups is 1. The van der Waals surface area contributed by atoms with Crippen LogP contribution in [-0.4, -0.2) is 12.6 Å². The number of fused-ring (bicyclic) bond motifs is 1. The van der Waals surface area contributed by atoms with E-state index >= 15 is 0 Å². The van der Waals surface area contributed by atoms with Crippen LogP contribution >= 0.6 is 0 Å². The van der Waals surface area contributed by atoms with E-state index in [1.165, 1.54) is 11.1 Å². The van der Waals surface area contributed by atoms with Gasteiger partial charge in [0.05, 0.1) is 0 Å². The summed E-state index contributed by atoms with van der Waals surface area (Å²) in [6.07, 6.45) is 0.923. The van der Waals surface area contributed by atoms with Crippen molar-refractivity contribution in [2.75, 3.05) is 16.8 Å². The minimum atomic E-state index is -0.0616. The van der Waals surface area contributed by atoms with Gasteiger partial charge in [-0.25, -0.2) is 4.79 Å². The van der Waals surface area contributed by atoms with Gasteiger partial charge in [0.2, 0.25) is 0 Å². The monoisotopic (exact) mass is 294 g/mol. The third kappa shape index (κ3) is 2.84. The van der Waals surface area contributed by atoms with Gasteiger partial charge in [-0.1, -0.05) is 51.1 Å². The molecule has 3 rings (SSSR count). The summed E-state index contributed by atoms with van der Waals surface area (Å²) < 4.78 is 0. The average Bonchev–Trinajstić information content (AvgIpc) is 2.91.